The molecule has 1 atom stereocenters. The van der Waals surface area contributed by atoms with E-state index in [0.29, 0.717) is 18.2 Å². The molecule has 0 amide bonds. The van der Waals surface area contributed by atoms with Crippen molar-refractivity contribution in [3.63, 3.8) is 0 Å². The van der Waals surface area contributed by atoms with Gasteiger partial charge in [-0.15, -0.1) is 0 Å². The lowest BCUT2D eigenvalue weighted by Gasteiger charge is -2.32. The second-order valence-corrected chi connectivity index (χ2v) is 4.99. The van der Waals surface area contributed by atoms with Gasteiger partial charge in [0.1, 0.15) is 12.4 Å². The first-order valence-electron chi connectivity index (χ1n) is 7.12. The Morgan fingerprint density at radius 2 is 2.10 bits per heavy atom. The maximum atomic E-state index is 9.01. The van der Waals surface area contributed by atoms with Crippen LogP contribution >= 0.6 is 0 Å². The Bertz CT molecular complexity index is 399. The van der Waals surface area contributed by atoms with Crippen molar-refractivity contribution in [2.75, 3.05) is 32.8 Å². The minimum atomic E-state index is -1.43. The quantitative estimate of drug-likeness (QED) is 0.709. The average molecular weight is 279 g/mol. The van der Waals surface area contributed by atoms with Crippen LogP contribution in [0.15, 0.2) is 24.3 Å². The van der Waals surface area contributed by atoms with E-state index in [1.165, 1.54) is 0 Å². The van der Waals surface area contributed by atoms with Gasteiger partial charge in [-0.3, -0.25) is 4.90 Å². The predicted octanol–water partition coefficient (Wildman–Crippen LogP) is -0.144. The number of ether oxygens (including phenoxy) is 2. The van der Waals surface area contributed by atoms with Crippen LogP contribution in [0.25, 0.3) is 0 Å². The molecular weight excluding hydrogens is 257 g/mol. The van der Waals surface area contributed by atoms with Gasteiger partial charge in [-0.2, -0.15) is 0 Å². The van der Waals surface area contributed by atoms with Crippen LogP contribution in [0, 0.1) is 0 Å². The highest BCUT2D eigenvalue weighted by Gasteiger charge is 2.18. The molecule has 1 aliphatic rings. The number of morpholine rings is 1. The van der Waals surface area contributed by atoms with Crippen LogP contribution in [0.5, 0.6) is 5.75 Å². The fourth-order valence-electron chi connectivity index (χ4n) is 2.26. The number of benzene rings is 1. The molecule has 1 aliphatic heterocycles. The van der Waals surface area contributed by atoms with E-state index in [4.69, 9.17) is 19.5 Å². The smallest absolute Gasteiger partial charge is 0.488 e. The van der Waals surface area contributed by atoms with Gasteiger partial charge in [0, 0.05) is 19.6 Å². The van der Waals surface area contributed by atoms with Gasteiger partial charge in [0.05, 0.1) is 12.7 Å². The van der Waals surface area contributed by atoms with E-state index >= 15 is 0 Å². The Hall–Kier alpha value is -1.08. The highest BCUT2D eigenvalue weighted by molar-refractivity contribution is 6.58. The minimum Gasteiger partial charge on any atom is -0.492 e. The zero-order valence-electron chi connectivity index (χ0n) is 11.9. The van der Waals surface area contributed by atoms with E-state index in [2.05, 4.69) is 11.8 Å². The molecule has 2 N–H and O–H groups in total. The van der Waals surface area contributed by atoms with Crippen molar-refractivity contribution in [1.82, 2.24) is 4.90 Å². The molecule has 0 saturated carbocycles. The highest BCUT2D eigenvalue weighted by Crippen LogP contribution is 2.10. The van der Waals surface area contributed by atoms with Crippen molar-refractivity contribution in [2.24, 2.45) is 0 Å². The van der Waals surface area contributed by atoms with Crippen molar-refractivity contribution in [1.29, 1.82) is 0 Å². The molecular formula is C14H22BNO4. The van der Waals surface area contributed by atoms with Gasteiger partial charge in [-0.1, -0.05) is 19.1 Å². The van der Waals surface area contributed by atoms with Crippen molar-refractivity contribution >= 4 is 12.6 Å². The Labute approximate surface area is 120 Å². The summed E-state index contributed by atoms with van der Waals surface area (Å²) in [4.78, 5) is 2.35. The lowest BCUT2D eigenvalue weighted by atomic mass is 9.80. The van der Waals surface area contributed by atoms with Crippen molar-refractivity contribution in [3.05, 3.63) is 24.3 Å². The van der Waals surface area contributed by atoms with Gasteiger partial charge in [0.25, 0.3) is 0 Å². The molecule has 1 aromatic carbocycles. The third-order valence-corrected chi connectivity index (χ3v) is 3.53. The summed E-state index contributed by atoms with van der Waals surface area (Å²) in [6, 6.07) is 6.82. The molecule has 2 rings (SSSR count). The topological polar surface area (TPSA) is 62.2 Å². The fourth-order valence-corrected chi connectivity index (χ4v) is 2.26. The fraction of sp³-hybridized carbons (Fsp3) is 0.571. The van der Waals surface area contributed by atoms with E-state index in [9.17, 15) is 0 Å². The highest BCUT2D eigenvalue weighted by atomic mass is 16.5. The lowest BCUT2D eigenvalue weighted by molar-refractivity contribution is -0.0324. The summed E-state index contributed by atoms with van der Waals surface area (Å²) in [5.41, 5.74) is 0.469. The zero-order chi connectivity index (χ0) is 14.4. The molecule has 0 radical (unpaired) electrons. The summed E-state index contributed by atoms with van der Waals surface area (Å²) in [7, 11) is -1.43. The number of hydrogen-bond donors (Lipinski definition) is 2. The first-order valence-corrected chi connectivity index (χ1v) is 7.12. The minimum absolute atomic E-state index is 0.342. The van der Waals surface area contributed by atoms with Gasteiger partial charge in [-0.05, 0) is 24.0 Å². The van der Waals surface area contributed by atoms with Gasteiger partial charge in [0.15, 0.2) is 0 Å². The Kier molecular flexibility index (Phi) is 5.85. The molecule has 20 heavy (non-hydrogen) atoms. The van der Waals surface area contributed by atoms with E-state index in [1.807, 2.05) is 0 Å². The molecule has 1 heterocycles. The summed E-state index contributed by atoms with van der Waals surface area (Å²) >= 11 is 0. The standard InChI is InChI=1S/C14H22BNO4/c1-2-13-11-16(7-9-19-13)8-10-20-14-5-3-12(4-6-14)15(17)18/h3-6,13,17-18H,2,7-11H2,1H3. The molecule has 1 saturated heterocycles. The monoisotopic (exact) mass is 279 g/mol. The first kappa shape index (κ1) is 15.3. The van der Waals surface area contributed by atoms with Crippen LogP contribution in [0.4, 0.5) is 0 Å². The molecule has 1 fully saturated rings. The summed E-state index contributed by atoms with van der Waals surface area (Å²) in [6.45, 7) is 6.36. The normalized spacial score (nSPS) is 19.9. The molecule has 6 heteroatoms. The number of nitrogens with zero attached hydrogens (tertiary/aromatic N) is 1. The van der Waals surface area contributed by atoms with Gasteiger partial charge in [-0.25, -0.2) is 0 Å². The van der Waals surface area contributed by atoms with Gasteiger partial charge in [0.2, 0.25) is 0 Å². The second-order valence-electron chi connectivity index (χ2n) is 4.99. The third kappa shape index (κ3) is 4.49. The third-order valence-electron chi connectivity index (χ3n) is 3.53. The number of rotatable bonds is 6. The first-order chi connectivity index (χ1) is 9.69. The van der Waals surface area contributed by atoms with E-state index in [-0.39, 0.29) is 0 Å². The van der Waals surface area contributed by atoms with Crippen LogP contribution in [-0.2, 0) is 4.74 Å². The SMILES string of the molecule is CCC1CN(CCOc2ccc(B(O)O)cc2)CCO1. The van der Waals surface area contributed by atoms with Crippen LogP contribution in [0.1, 0.15) is 13.3 Å². The summed E-state index contributed by atoms with van der Waals surface area (Å²) in [5.74, 6) is 0.745. The zero-order valence-corrected chi connectivity index (χ0v) is 11.9. The molecule has 0 aliphatic carbocycles. The Morgan fingerprint density at radius 3 is 2.75 bits per heavy atom. The van der Waals surface area contributed by atoms with Crippen LogP contribution in [0.3, 0.4) is 0 Å². The predicted molar refractivity (Wildman–Crippen MR) is 78.2 cm³/mol. The van der Waals surface area contributed by atoms with Crippen LogP contribution < -0.4 is 10.2 Å². The molecule has 5 nitrogen and oxygen atoms in total. The Morgan fingerprint density at radius 1 is 1.35 bits per heavy atom. The van der Waals surface area contributed by atoms with E-state index < -0.39 is 7.12 Å². The van der Waals surface area contributed by atoms with Gasteiger partial charge < -0.3 is 19.5 Å². The van der Waals surface area contributed by atoms with E-state index in [0.717, 1.165) is 38.4 Å². The van der Waals surface area contributed by atoms with E-state index in [1.54, 1.807) is 24.3 Å². The largest absolute Gasteiger partial charge is 0.492 e. The molecule has 1 unspecified atom stereocenters. The maximum Gasteiger partial charge on any atom is 0.488 e. The van der Waals surface area contributed by atoms with Crippen molar-refractivity contribution < 1.29 is 19.5 Å². The van der Waals surface area contributed by atoms with Crippen molar-refractivity contribution in [2.45, 2.75) is 19.4 Å². The van der Waals surface area contributed by atoms with Gasteiger partial charge >= 0.3 is 7.12 Å². The van der Waals surface area contributed by atoms with Crippen LogP contribution in [0.2, 0.25) is 0 Å². The Balaban J connectivity index is 1.72. The lowest BCUT2D eigenvalue weighted by Crippen LogP contribution is -2.43. The molecule has 0 bridgehead atoms. The summed E-state index contributed by atoms with van der Waals surface area (Å²) in [6.07, 6.45) is 1.39. The molecule has 0 aromatic heterocycles. The maximum absolute atomic E-state index is 9.01. The van der Waals surface area contributed by atoms with Crippen molar-refractivity contribution in [3.8, 4) is 5.75 Å². The molecule has 1 aromatic rings. The second kappa shape index (κ2) is 7.64. The number of hydrogen-bond acceptors (Lipinski definition) is 5. The average Bonchev–Trinajstić information content (AvgIpc) is 2.48. The summed E-state index contributed by atoms with van der Waals surface area (Å²) < 4.78 is 11.3. The molecule has 110 valence electrons. The molecule has 0 spiro atoms. The van der Waals surface area contributed by atoms with Crippen LogP contribution in [-0.4, -0.2) is 61.0 Å². The summed E-state index contributed by atoms with van der Waals surface area (Å²) in [5, 5.41) is 18.0.